The van der Waals surface area contributed by atoms with E-state index in [0.29, 0.717) is 17.7 Å². The third-order valence-corrected chi connectivity index (χ3v) is 9.80. The second-order valence-corrected chi connectivity index (χ2v) is 12.5. The molecule has 1 fully saturated rings. The number of sulfonamides is 1. The van der Waals surface area contributed by atoms with Crippen molar-refractivity contribution in [2.75, 3.05) is 0 Å². The van der Waals surface area contributed by atoms with Crippen LogP contribution < -0.4 is 14.3 Å². The first kappa shape index (κ1) is 23.5. The molecule has 2 heterocycles. The van der Waals surface area contributed by atoms with Gasteiger partial charge in [0.2, 0.25) is 10.0 Å². The summed E-state index contributed by atoms with van der Waals surface area (Å²) in [4.78, 5) is 12.8. The lowest BCUT2D eigenvalue weighted by Gasteiger charge is -2.44. The Morgan fingerprint density at radius 3 is 2.53 bits per heavy atom. The number of nitrogens with one attached hydrogen (secondary N) is 1. The number of benzene rings is 3. The zero-order chi connectivity index (χ0) is 24.8. The van der Waals surface area contributed by atoms with Crippen LogP contribution in [-0.4, -0.2) is 18.6 Å². The van der Waals surface area contributed by atoms with Gasteiger partial charge in [-0.3, -0.25) is 9.36 Å². The van der Waals surface area contributed by atoms with Crippen molar-refractivity contribution in [1.29, 1.82) is 0 Å². The van der Waals surface area contributed by atoms with Gasteiger partial charge in [-0.2, -0.15) is 0 Å². The van der Waals surface area contributed by atoms with Crippen molar-refractivity contribution in [2.45, 2.75) is 61.6 Å². The molecule has 1 aliphatic carbocycles. The van der Waals surface area contributed by atoms with Crippen molar-refractivity contribution >= 4 is 31.6 Å². The summed E-state index contributed by atoms with van der Waals surface area (Å²) in [6.07, 6.45) is 5.87. The van der Waals surface area contributed by atoms with Crippen LogP contribution in [0, 0.1) is 0 Å². The third kappa shape index (κ3) is 4.38. The third-order valence-electron chi connectivity index (χ3n) is 7.39. The smallest absolute Gasteiger partial charge is 0.308 e. The molecule has 1 aromatic heterocycles. The number of nitrogens with zero attached hydrogens (tertiary/aromatic N) is 1. The molecule has 1 saturated carbocycles. The quantitative estimate of drug-likeness (QED) is 0.371. The van der Waals surface area contributed by atoms with E-state index in [1.165, 1.54) is 6.42 Å². The molecule has 0 radical (unpaired) electrons. The number of thiazole rings is 1. The molecule has 2 aliphatic rings. The van der Waals surface area contributed by atoms with Crippen LogP contribution in [0.5, 0.6) is 5.75 Å². The molecule has 1 atom stereocenters. The van der Waals surface area contributed by atoms with E-state index >= 15 is 0 Å². The number of rotatable bonds is 5. The molecule has 186 valence electrons. The minimum absolute atomic E-state index is 0.103. The monoisotopic (exact) mass is 520 g/mol. The van der Waals surface area contributed by atoms with Crippen LogP contribution in [0.15, 0.2) is 82.5 Å². The highest BCUT2D eigenvalue weighted by Crippen LogP contribution is 2.46. The molecular formula is C28H28N2O4S2. The predicted octanol–water partition coefficient (Wildman–Crippen LogP) is 5.62. The highest BCUT2D eigenvalue weighted by Gasteiger charge is 2.43. The molecular weight excluding hydrogens is 492 g/mol. The number of fused-ring (bicyclic) bond motifs is 2. The lowest BCUT2D eigenvalue weighted by atomic mass is 9.77. The van der Waals surface area contributed by atoms with Gasteiger partial charge in [0.25, 0.3) is 0 Å². The van der Waals surface area contributed by atoms with E-state index in [2.05, 4.69) is 4.72 Å². The molecule has 0 unspecified atom stereocenters. The predicted molar refractivity (Wildman–Crippen MR) is 142 cm³/mol. The Bertz CT molecular complexity index is 1570. The zero-order valence-electron chi connectivity index (χ0n) is 19.9. The van der Waals surface area contributed by atoms with Gasteiger partial charge < -0.3 is 4.74 Å². The molecule has 1 spiro atoms. The summed E-state index contributed by atoms with van der Waals surface area (Å²) >= 11 is 1.08. The highest BCUT2D eigenvalue weighted by atomic mass is 32.2. The van der Waals surface area contributed by atoms with Crippen LogP contribution in [0.1, 0.15) is 55.7 Å². The lowest BCUT2D eigenvalue weighted by Crippen LogP contribution is -2.46. The molecule has 3 aromatic carbocycles. The molecule has 6 nitrogen and oxygen atoms in total. The van der Waals surface area contributed by atoms with E-state index in [-0.39, 0.29) is 21.4 Å². The Kier molecular flexibility index (Phi) is 5.98. The van der Waals surface area contributed by atoms with Crippen LogP contribution in [-0.2, 0) is 16.6 Å². The molecule has 1 aliphatic heterocycles. The van der Waals surface area contributed by atoms with Crippen LogP contribution in [0.2, 0.25) is 0 Å². The van der Waals surface area contributed by atoms with Crippen molar-refractivity contribution in [3.8, 4) is 5.75 Å². The first-order chi connectivity index (χ1) is 17.4. The average Bonchev–Trinajstić information content (AvgIpc) is 3.19. The highest BCUT2D eigenvalue weighted by molar-refractivity contribution is 7.89. The van der Waals surface area contributed by atoms with Gasteiger partial charge in [-0.25, -0.2) is 13.1 Å². The van der Waals surface area contributed by atoms with Crippen molar-refractivity contribution in [2.24, 2.45) is 0 Å². The van der Waals surface area contributed by atoms with Gasteiger partial charge in [0.1, 0.15) is 11.4 Å². The fourth-order valence-electron chi connectivity index (χ4n) is 5.61. The second-order valence-electron chi connectivity index (χ2n) is 9.83. The van der Waals surface area contributed by atoms with E-state index in [1.54, 1.807) is 22.8 Å². The SMILES string of the molecule is O=c1sc2cc(S(=O)(=O)N[C@@H]3CC4(CCCCC4)Oc4ccccc43)ccc2n1Cc1ccccc1. The minimum atomic E-state index is -3.82. The van der Waals surface area contributed by atoms with Gasteiger partial charge in [0, 0.05) is 12.0 Å². The zero-order valence-corrected chi connectivity index (χ0v) is 21.5. The molecule has 0 amide bonds. The topological polar surface area (TPSA) is 77.4 Å². The van der Waals surface area contributed by atoms with Gasteiger partial charge in [0.05, 0.1) is 27.7 Å². The number of aromatic nitrogens is 1. The Labute approximate surface area is 214 Å². The molecule has 0 saturated heterocycles. The van der Waals surface area contributed by atoms with Crippen molar-refractivity contribution in [3.63, 3.8) is 0 Å². The normalized spacial score (nSPS) is 19.2. The summed E-state index contributed by atoms with van der Waals surface area (Å²) in [6.45, 7) is 0.449. The average molecular weight is 521 g/mol. The number of ether oxygens (including phenoxy) is 1. The van der Waals surface area contributed by atoms with E-state index < -0.39 is 10.0 Å². The van der Waals surface area contributed by atoms with E-state index in [1.807, 2.05) is 54.6 Å². The number of hydrogen-bond acceptors (Lipinski definition) is 5. The molecule has 8 heteroatoms. The summed E-state index contributed by atoms with van der Waals surface area (Å²) in [5, 5.41) is 0. The van der Waals surface area contributed by atoms with Crippen LogP contribution in [0.3, 0.4) is 0 Å². The maximum absolute atomic E-state index is 13.6. The van der Waals surface area contributed by atoms with Crippen LogP contribution >= 0.6 is 11.3 Å². The van der Waals surface area contributed by atoms with Crippen molar-refractivity contribution < 1.29 is 13.2 Å². The number of para-hydroxylation sites is 1. The fraction of sp³-hybridized carbons (Fsp3) is 0.321. The molecule has 6 rings (SSSR count). The standard InChI is InChI=1S/C28H28N2O4S2/c31-27-30(19-20-9-3-1-4-10-20)24-14-13-21(17-26(24)35-27)36(32,33)29-23-18-28(15-7-2-8-16-28)34-25-12-6-5-11-22(23)25/h1,3-6,9-14,17,23,29H,2,7-8,15-16,18-19H2/t23-/m1/s1. The molecule has 0 bridgehead atoms. The van der Waals surface area contributed by atoms with Gasteiger partial charge in [-0.05, 0) is 55.5 Å². The molecule has 36 heavy (non-hydrogen) atoms. The maximum Gasteiger partial charge on any atom is 0.308 e. The Hall–Kier alpha value is -2.94. The first-order valence-electron chi connectivity index (χ1n) is 12.4. The van der Waals surface area contributed by atoms with Crippen LogP contribution in [0.4, 0.5) is 0 Å². The second kappa shape index (κ2) is 9.18. The maximum atomic E-state index is 13.6. The Morgan fingerprint density at radius 1 is 0.972 bits per heavy atom. The van der Waals surface area contributed by atoms with Gasteiger partial charge in [-0.1, -0.05) is 66.3 Å². The summed E-state index contributed by atoms with van der Waals surface area (Å²) in [6, 6.07) is 22.1. The lowest BCUT2D eigenvalue weighted by molar-refractivity contribution is 0.0000751. The Balaban J connectivity index is 1.31. The van der Waals surface area contributed by atoms with Gasteiger partial charge in [0.15, 0.2) is 0 Å². The van der Waals surface area contributed by atoms with E-state index in [4.69, 9.17) is 4.74 Å². The summed E-state index contributed by atoms with van der Waals surface area (Å²) in [5.74, 6) is 0.769. The van der Waals surface area contributed by atoms with Crippen molar-refractivity contribution in [3.05, 3.63) is 93.6 Å². The summed E-state index contributed by atoms with van der Waals surface area (Å²) in [5.41, 5.74) is 2.31. The summed E-state index contributed by atoms with van der Waals surface area (Å²) in [7, 11) is -3.82. The van der Waals surface area contributed by atoms with Crippen LogP contribution in [0.25, 0.3) is 10.2 Å². The molecule has 1 N–H and O–H groups in total. The van der Waals surface area contributed by atoms with Gasteiger partial charge in [-0.15, -0.1) is 0 Å². The first-order valence-corrected chi connectivity index (χ1v) is 14.7. The van der Waals surface area contributed by atoms with Gasteiger partial charge >= 0.3 is 4.87 Å². The van der Waals surface area contributed by atoms with E-state index in [0.717, 1.165) is 59.4 Å². The fourth-order valence-corrected chi connectivity index (χ4v) is 7.86. The van der Waals surface area contributed by atoms with Crippen molar-refractivity contribution in [1.82, 2.24) is 9.29 Å². The summed E-state index contributed by atoms with van der Waals surface area (Å²) < 4.78 is 38.9. The number of hydrogen-bond donors (Lipinski definition) is 1. The minimum Gasteiger partial charge on any atom is -0.487 e. The molecule has 4 aromatic rings. The van der Waals surface area contributed by atoms with E-state index in [9.17, 15) is 13.2 Å². The Morgan fingerprint density at radius 2 is 1.72 bits per heavy atom. The largest absolute Gasteiger partial charge is 0.487 e.